The minimum atomic E-state index is 0.510. The second-order valence-corrected chi connectivity index (χ2v) is 5.34. The molecule has 1 N–H and O–H groups in total. The monoisotopic (exact) mass is 285 g/mol. The summed E-state index contributed by atoms with van der Waals surface area (Å²) >= 11 is 6.11. The van der Waals surface area contributed by atoms with E-state index in [2.05, 4.69) is 52.4 Å². The molecule has 0 aliphatic heterocycles. The average molecular weight is 286 g/mol. The van der Waals surface area contributed by atoms with Gasteiger partial charge in [-0.2, -0.15) is 0 Å². The first-order chi connectivity index (χ1) is 9.65. The number of aromatic nitrogens is 2. The van der Waals surface area contributed by atoms with Gasteiger partial charge >= 0.3 is 0 Å². The zero-order valence-electron chi connectivity index (χ0n) is 11.5. The normalized spacial score (nSPS) is 10.9. The van der Waals surface area contributed by atoms with E-state index >= 15 is 0 Å². The summed E-state index contributed by atoms with van der Waals surface area (Å²) < 4.78 is 2.14. The van der Waals surface area contributed by atoms with Crippen LogP contribution in [0, 0.1) is 6.92 Å². The van der Waals surface area contributed by atoms with E-state index in [1.807, 2.05) is 13.0 Å². The van der Waals surface area contributed by atoms with Crippen LogP contribution in [-0.2, 0) is 13.6 Å². The number of nitrogens with zero attached hydrogens (tertiary/aromatic N) is 2. The SMILES string of the molecule is Cc1cnc(Cl)c(NCc2cn(C)c3ccccc23)c1. The number of hydrogen-bond acceptors (Lipinski definition) is 2. The van der Waals surface area contributed by atoms with Crippen molar-refractivity contribution in [2.75, 3.05) is 5.32 Å². The summed E-state index contributed by atoms with van der Waals surface area (Å²) in [4.78, 5) is 4.16. The molecule has 2 aromatic heterocycles. The van der Waals surface area contributed by atoms with E-state index < -0.39 is 0 Å². The minimum absolute atomic E-state index is 0.510. The highest BCUT2D eigenvalue weighted by Gasteiger charge is 2.07. The molecule has 0 saturated heterocycles. The third-order valence-electron chi connectivity index (χ3n) is 3.42. The highest BCUT2D eigenvalue weighted by atomic mass is 35.5. The van der Waals surface area contributed by atoms with Gasteiger partial charge in [0.15, 0.2) is 5.15 Å². The largest absolute Gasteiger partial charge is 0.378 e. The van der Waals surface area contributed by atoms with Gasteiger partial charge in [-0.1, -0.05) is 29.8 Å². The molecular formula is C16H16ClN3. The Balaban J connectivity index is 1.89. The number of anilines is 1. The first-order valence-electron chi connectivity index (χ1n) is 6.54. The molecule has 0 atom stereocenters. The Morgan fingerprint density at radius 1 is 1.30 bits per heavy atom. The molecule has 20 heavy (non-hydrogen) atoms. The van der Waals surface area contributed by atoms with E-state index in [9.17, 15) is 0 Å². The summed E-state index contributed by atoms with van der Waals surface area (Å²) in [6.45, 7) is 2.73. The Bertz CT molecular complexity index is 762. The highest BCUT2D eigenvalue weighted by molar-refractivity contribution is 6.31. The maximum Gasteiger partial charge on any atom is 0.152 e. The van der Waals surface area contributed by atoms with E-state index in [0.29, 0.717) is 5.15 Å². The first-order valence-corrected chi connectivity index (χ1v) is 6.92. The van der Waals surface area contributed by atoms with Gasteiger partial charge in [-0.15, -0.1) is 0 Å². The van der Waals surface area contributed by atoms with Crippen LogP contribution in [0.3, 0.4) is 0 Å². The molecule has 3 aromatic rings. The zero-order chi connectivity index (χ0) is 14.1. The second kappa shape index (κ2) is 5.17. The van der Waals surface area contributed by atoms with Crippen molar-refractivity contribution in [3.63, 3.8) is 0 Å². The molecule has 102 valence electrons. The summed E-state index contributed by atoms with van der Waals surface area (Å²) in [5.41, 5.74) is 4.45. The standard InChI is InChI=1S/C16H16ClN3/c1-11-7-14(16(17)19-8-11)18-9-12-10-20(2)15-6-4-3-5-13(12)15/h3-8,10,18H,9H2,1-2H3. The van der Waals surface area contributed by atoms with E-state index in [-0.39, 0.29) is 0 Å². The summed E-state index contributed by atoms with van der Waals surface area (Å²) in [6, 6.07) is 10.4. The molecule has 0 amide bonds. The number of para-hydroxylation sites is 1. The lowest BCUT2D eigenvalue weighted by Gasteiger charge is -2.08. The van der Waals surface area contributed by atoms with Crippen molar-refractivity contribution < 1.29 is 0 Å². The number of benzene rings is 1. The molecule has 0 saturated carbocycles. The van der Waals surface area contributed by atoms with Crippen LogP contribution in [-0.4, -0.2) is 9.55 Å². The van der Waals surface area contributed by atoms with Crippen LogP contribution >= 0.6 is 11.6 Å². The maximum absolute atomic E-state index is 6.11. The van der Waals surface area contributed by atoms with Gasteiger partial charge in [-0.25, -0.2) is 4.98 Å². The van der Waals surface area contributed by atoms with E-state index in [4.69, 9.17) is 11.6 Å². The van der Waals surface area contributed by atoms with Gasteiger partial charge in [0.25, 0.3) is 0 Å². The van der Waals surface area contributed by atoms with Crippen LogP contribution in [0.5, 0.6) is 0 Å². The number of halogens is 1. The fraction of sp³-hybridized carbons (Fsp3) is 0.188. The number of hydrogen-bond donors (Lipinski definition) is 1. The fourth-order valence-electron chi connectivity index (χ4n) is 2.43. The molecule has 0 bridgehead atoms. The number of nitrogens with one attached hydrogen (secondary N) is 1. The van der Waals surface area contributed by atoms with Crippen LogP contribution in [0.25, 0.3) is 10.9 Å². The third kappa shape index (κ3) is 2.37. The molecule has 3 nitrogen and oxygen atoms in total. The lowest BCUT2D eigenvalue weighted by Crippen LogP contribution is -2.00. The summed E-state index contributed by atoms with van der Waals surface area (Å²) in [6.07, 6.45) is 3.92. The average Bonchev–Trinajstić information content (AvgIpc) is 2.77. The Morgan fingerprint density at radius 2 is 2.10 bits per heavy atom. The highest BCUT2D eigenvalue weighted by Crippen LogP contribution is 2.24. The number of aryl methyl sites for hydroxylation is 2. The third-order valence-corrected chi connectivity index (χ3v) is 3.73. The molecule has 4 heteroatoms. The van der Waals surface area contributed by atoms with Crippen molar-refractivity contribution in [2.24, 2.45) is 7.05 Å². The van der Waals surface area contributed by atoms with Gasteiger partial charge in [0, 0.05) is 36.9 Å². The van der Waals surface area contributed by atoms with E-state index in [1.54, 1.807) is 6.20 Å². The molecule has 3 rings (SSSR count). The second-order valence-electron chi connectivity index (χ2n) is 4.99. The summed E-state index contributed by atoms with van der Waals surface area (Å²) in [7, 11) is 2.06. The van der Waals surface area contributed by atoms with Crippen molar-refractivity contribution in [1.82, 2.24) is 9.55 Å². The molecule has 0 radical (unpaired) electrons. The lowest BCUT2D eigenvalue weighted by atomic mass is 10.2. The van der Waals surface area contributed by atoms with Crippen molar-refractivity contribution in [2.45, 2.75) is 13.5 Å². The van der Waals surface area contributed by atoms with E-state index in [1.165, 1.54) is 16.5 Å². The Labute approximate surface area is 123 Å². The predicted octanol–water partition coefficient (Wildman–Crippen LogP) is 4.15. The molecule has 0 aliphatic rings. The van der Waals surface area contributed by atoms with Crippen LogP contribution in [0.1, 0.15) is 11.1 Å². The molecule has 0 spiro atoms. The summed E-state index contributed by atoms with van der Waals surface area (Å²) in [5, 5.41) is 5.14. The topological polar surface area (TPSA) is 29.9 Å². The molecular weight excluding hydrogens is 270 g/mol. The predicted molar refractivity (Wildman–Crippen MR) is 84.2 cm³/mol. The Morgan fingerprint density at radius 3 is 2.95 bits per heavy atom. The van der Waals surface area contributed by atoms with Crippen molar-refractivity contribution in [3.05, 3.63) is 59.0 Å². The number of fused-ring (bicyclic) bond motifs is 1. The van der Waals surface area contributed by atoms with Gasteiger partial charge in [0.1, 0.15) is 0 Å². The Hall–Kier alpha value is -2.00. The van der Waals surface area contributed by atoms with Crippen LogP contribution in [0.4, 0.5) is 5.69 Å². The van der Waals surface area contributed by atoms with Crippen LogP contribution in [0.15, 0.2) is 42.7 Å². The van der Waals surface area contributed by atoms with Crippen LogP contribution in [0.2, 0.25) is 5.15 Å². The molecule has 0 aliphatic carbocycles. The zero-order valence-corrected chi connectivity index (χ0v) is 12.3. The summed E-state index contributed by atoms with van der Waals surface area (Å²) in [5.74, 6) is 0. The van der Waals surface area contributed by atoms with Gasteiger partial charge in [0.05, 0.1) is 5.69 Å². The molecule has 2 heterocycles. The first kappa shape index (κ1) is 13.0. The quantitative estimate of drug-likeness (QED) is 0.733. The van der Waals surface area contributed by atoms with Crippen molar-refractivity contribution in [1.29, 1.82) is 0 Å². The van der Waals surface area contributed by atoms with Gasteiger partial charge in [-0.3, -0.25) is 0 Å². The van der Waals surface area contributed by atoms with Crippen LogP contribution < -0.4 is 5.32 Å². The van der Waals surface area contributed by atoms with E-state index in [0.717, 1.165) is 17.8 Å². The van der Waals surface area contributed by atoms with Gasteiger partial charge < -0.3 is 9.88 Å². The van der Waals surface area contributed by atoms with Gasteiger partial charge in [-0.05, 0) is 30.2 Å². The number of pyridine rings is 1. The maximum atomic E-state index is 6.11. The molecule has 0 unspecified atom stereocenters. The molecule has 1 aromatic carbocycles. The molecule has 0 fully saturated rings. The Kier molecular flexibility index (Phi) is 3.36. The smallest absolute Gasteiger partial charge is 0.152 e. The fourth-order valence-corrected chi connectivity index (χ4v) is 2.60. The van der Waals surface area contributed by atoms with Crippen molar-refractivity contribution in [3.8, 4) is 0 Å². The lowest BCUT2D eigenvalue weighted by molar-refractivity contribution is 0.955. The number of rotatable bonds is 3. The van der Waals surface area contributed by atoms with Crippen molar-refractivity contribution >= 4 is 28.2 Å². The van der Waals surface area contributed by atoms with Gasteiger partial charge in [0.2, 0.25) is 0 Å². The minimum Gasteiger partial charge on any atom is -0.378 e.